The molecule has 1 saturated heterocycles. The third-order valence-electron chi connectivity index (χ3n) is 7.28. The lowest BCUT2D eigenvalue weighted by Crippen LogP contribution is -2.46. The fraction of sp³-hybridized carbons (Fsp3) is 0.323. The number of amides is 1. The van der Waals surface area contributed by atoms with Crippen molar-refractivity contribution in [1.29, 1.82) is 0 Å². The van der Waals surface area contributed by atoms with Gasteiger partial charge in [-0.2, -0.15) is 0 Å². The van der Waals surface area contributed by atoms with Crippen LogP contribution in [0.4, 0.5) is 17.1 Å². The maximum Gasteiger partial charge on any atom is 0.414 e. The van der Waals surface area contributed by atoms with Crippen molar-refractivity contribution in [2.24, 2.45) is 0 Å². The van der Waals surface area contributed by atoms with Crippen molar-refractivity contribution in [1.82, 2.24) is 4.90 Å². The molecule has 9 nitrogen and oxygen atoms in total. The molecule has 0 spiro atoms. The highest BCUT2D eigenvalue weighted by molar-refractivity contribution is 6.31. The van der Waals surface area contributed by atoms with E-state index in [-0.39, 0.29) is 5.91 Å². The summed E-state index contributed by atoms with van der Waals surface area (Å²) < 4.78 is 5.53. The van der Waals surface area contributed by atoms with Gasteiger partial charge in [-0.1, -0.05) is 48.0 Å². The molecule has 2 N–H and O–H groups in total. The predicted molar refractivity (Wildman–Crippen MR) is 159 cm³/mol. The van der Waals surface area contributed by atoms with Crippen molar-refractivity contribution < 1.29 is 29.3 Å². The summed E-state index contributed by atoms with van der Waals surface area (Å²) in [7, 11) is 1.72. The number of piperazine rings is 1. The van der Waals surface area contributed by atoms with Crippen molar-refractivity contribution in [2.45, 2.75) is 25.7 Å². The second-order valence-electron chi connectivity index (χ2n) is 9.85. The Morgan fingerprint density at radius 2 is 1.41 bits per heavy atom. The van der Waals surface area contributed by atoms with Crippen molar-refractivity contribution in [2.75, 3.05) is 49.6 Å². The SMILES string of the molecule is COc1ccccc1N1CCN(CCCC(=O)N2c3ccccc3CCc3ccc(Cl)cc32)CC1.O=C(O)C(=O)O. The van der Waals surface area contributed by atoms with Crippen LogP contribution in [-0.4, -0.2) is 72.8 Å². The Morgan fingerprint density at radius 1 is 0.805 bits per heavy atom. The molecule has 1 fully saturated rings. The van der Waals surface area contributed by atoms with Crippen LogP contribution in [0.1, 0.15) is 24.0 Å². The van der Waals surface area contributed by atoms with E-state index < -0.39 is 11.9 Å². The second-order valence-corrected chi connectivity index (χ2v) is 10.3. The third kappa shape index (κ3) is 7.56. The minimum atomic E-state index is -1.82. The van der Waals surface area contributed by atoms with Crippen molar-refractivity contribution >= 4 is 46.5 Å². The van der Waals surface area contributed by atoms with Gasteiger partial charge < -0.3 is 19.8 Å². The zero-order valence-electron chi connectivity index (χ0n) is 23.0. The quantitative estimate of drug-likeness (QED) is 0.398. The third-order valence-corrected chi connectivity index (χ3v) is 7.52. The molecule has 1 amide bonds. The average molecular weight is 580 g/mol. The van der Waals surface area contributed by atoms with E-state index in [1.54, 1.807) is 7.11 Å². The fourth-order valence-electron chi connectivity index (χ4n) is 5.23. The number of halogens is 1. The van der Waals surface area contributed by atoms with Gasteiger partial charge in [-0.25, -0.2) is 9.59 Å². The molecule has 2 aliphatic rings. The minimum absolute atomic E-state index is 0.135. The average Bonchev–Trinajstić information content (AvgIpc) is 3.14. The molecule has 0 unspecified atom stereocenters. The van der Waals surface area contributed by atoms with Crippen molar-refractivity contribution in [3.8, 4) is 5.75 Å². The minimum Gasteiger partial charge on any atom is -0.495 e. The van der Waals surface area contributed by atoms with E-state index >= 15 is 0 Å². The number of anilines is 3. The molecular weight excluding hydrogens is 546 g/mol. The van der Waals surface area contributed by atoms with Crippen molar-refractivity contribution in [3.63, 3.8) is 0 Å². The summed E-state index contributed by atoms with van der Waals surface area (Å²) >= 11 is 6.35. The number of aryl methyl sites for hydroxylation is 2. The summed E-state index contributed by atoms with van der Waals surface area (Å²) in [5.74, 6) is -2.59. The summed E-state index contributed by atoms with van der Waals surface area (Å²) in [6, 6.07) is 22.4. The van der Waals surface area contributed by atoms with Gasteiger partial charge in [-0.3, -0.25) is 14.6 Å². The number of carbonyl (C=O) groups is 3. The molecule has 216 valence electrons. The number of rotatable bonds is 6. The predicted octanol–water partition coefficient (Wildman–Crippen LogP) is 4.87. The Morgan fingerprint density at radius 3 is 2.07 bits per heavy atom. The molecule has 10 heteroatoms. The van der Waals surface area contributed by atoms with Crippen LogP contribution in [0.2, 0.25) is 5.02 Å². The number of carbonyl (C=O) groups excluding carboxylic acids is 1. The highest BCUT2D eigenvalue weighted by Gasteiger charge is 2.26. The Bertz CT molecular complexity index is 1380. The van der Waals surface area contributed by atoms with Crippen LogP contribution >= 0.6 is 11.6 Å². The monoisotopic (exact) mass is 579 g/mol. The zero-order chi connectivity index (χ0) is 29.4. The smallest absolute Gasteiger partial charge is 0.414 e. The number of benzene rings is 3. The van der Waals surface area contributed by atoms with Gasteiger partial charge >= 0.3 is 11.9 Å². The summed E-state index contributed by atoms with van der Waals surface area (Å²) in [6.45, 7) is 4.80. The zero-order valence-corrected chi connectivity index (χ0v) is 23.7. The summed E-state index contributed by atoms with van der Waals surface area (Å²) in [5.41, 5.74) is 5.45. The van der Waals surface area contributed by atoms with Crippen LogP contribution in [0, 0.1) is 0 Å². The van der Waals surface area contributed by atoms with Gasteiger partial charge in [-0.15, -0.1) is 0 Å². The molecule has 0 atom stereocenters. The van der Waals surface area contributed by atoms with Gasteiger partial charge in [0.25, 0.3) is 0 Å². The molecule has 2 heterocycles. The molecule has 41 heavy (non-hydrogen) atoms. The van der Waals surface area contributed by atoms with E-state index in [0.29, 0.717) is 11.4 Å². The molecule has 3 aromatic carbocycles. The van der Waals surface area contributed by atoms with Gasteiger partial charge in [0.05, 0.1) is 24.2 Å². The number of carboxylic acid groups (broad SMARTS) is 2. The number of ether oxygens (including phenoxy) is 1. The molecule has 0 radical (unpaired) electrons. The lowest BCUT2D eigenvalue weighted by atomic mass is 10.0. The van der Waals surface area contributed by atoms with Crippen LogP contribution in [0.25, 0.3) is 0 Å². The van der Waals surface area contributed by atoms with E-state index in [1.165, 1.54) is 11.1 Å². The van der Waals surface area contributed by atoms with E-state index in [9.17, 15) is 4.79 Å². The molecular formula is C31H34ClN3O6. The number of carboxylic acids is 2. The molecule has 3 aromatic rings. The number of aliphatic carboxylic acids is 2. The van der Waals surface area contributed by atoms with E-state index in [1.807, 2.05) is 35.2 Å². The fourth-order valence-corrected chi connectivity index (χ4v) is 5.40. The first-order valence-electron chi connectivity index (χ1n) is 13.5. The Kier molecular flexibility index (Phi) is 10.2. The molecule has 0 aliphatic carbocycles. The summed E-state index contributed by atoms with van der Waals surface area (Å²) in [5, 5.41) is 15.4. The van der Waals surface area contributed by atoms with Gasteiger partial charge in [0.2, 0.25) is 5.91 Å². The van der Waals surface area contributed by atoms with Crippen LogP contribution in [0.5, 0.6) is 5.75 Å². The Labute approximate surface area is 244 Å². The molecule has 2 aliphatic heterocycles. The number of hydrogen-bond donors (Lipinski definition) is 2. The van der Waals surface area contributed by atoms with Crippen LogP contribution in [0.15, 0.2) is 66.7 Å². The number of hydrogen-bond acceptors (Lipinski definition) is 6. The van der Waals surface area contributed by atoms with Gasteiger partial charge in [0.15, 0.2) is 0 Å². The van der Waals surface area contributed by atoms with Crippen LogP contribution in [0.3, 0.4) is 0 Å². The normalized spacial score (nSPS) is 14.6. The maximum absolute atomic E-state index is 13.6. The lowest BCUT2D eigenvalue weighted by molar-refractivity contribution is -0.159. The first-order chi connectivity index (χ1) is 19.8. The highest BCUT2D eigenvalue weighted by Crippen LogP contribution is 2.38. The Balaban J connectivity index is 0.000000585. The standard InChI is InChI=1S/C29H32ClN3O2.C2H2O4/c1-35-28-10-5-4-9-26(28)32-19-17-31(18-20-32)16-6-11-29(34)33-25-8-3-2-7-22(25)12-13-23-14-15-24(30)21-27(23)33;3-1(4)2(5)6/h2-5,7-10,14-15,21H,6,11-13,16-20H2,1H3;(H,3,4)(H,5,6). The number of methoxy groups -OCH3 is 1. The second kappa shape index (κ2) is 14.0. The molecule has 0 aromatic heterocycles. The number of nitrogens with zero attached hydrogens (tertiary/aromatic N) is 3. The largest absolute Gasteiger partial charge is 0.495 e. The molecule has 0 bridgehead atoms. The first-order valence-corrected chi connectivity index (χ1v) is 13.9. The van der Waals surface area contributed by atoms with Crippen LogP contribution < -0.4 is 14.5 Å². The van der Waals surface area contributed by atoms with E-state index in [4.69, 9.17) is 36.1 Å². The van der Waals surface area contributed by atoms with Gasteiger partial charge in [-0.05, 0) is 67.3 Å². The lowest BCUT2D eigenvalue weighted by Gasteiger charge is -2.36. The topological polar surface area (TPSA) is 111 Å². The summed E-state index contributed by atoms with van der Waals surface area (Å²) in [6.07, 6.45) is 3.17. The van der Waals surface area contributed by atoms with Crippen molar-refractivity contribution in [3.05, 3.63) is 82.9 Å². The van der Waals surface area contributed by atoms with E-state index in [2.05, 4.69) is 46.2 Å². The summed E-state index contributed by atoms with van der Waals surface area (Å²) in [4.78, 5) is 38.5. The molecule has 5 rings (SSSR count). The number of para-hydroxylation sites is 3. The maximum atomic E-state index is 13.6. The van der Waals surface area contributed by atoms with Crippen LogP contribution in [-0.2, 0) is 27.2 Å². The van der Waals surface area contributed by atoms with Gasteiger partial charge in [0, 0.05) is 37.6 Å². The Hall–Kier alpha value is -4.08. The molecule has 0 saturated carbocycles. The van der Waals surface area contributed by atoms with E-state index in [0.717, 1.165) is 74.8 Å². The highest BCUT2D eigenvalue weighted by atomic mass is 35.5. The van der Waals surface area contributed by atoms with Gasteiger partial charge in [0.1, 0.15) is 5.75 Å². The number of fused-ring (bicyclic) bond motifs is 2. The first kappa shape index (κ1) is 29.9.